The molecule has 0 spiro atoms. The number of hydrogen-bond donors (Lipinski definition) is 2. The molecule has 0 aliphatic heterocycles. The third-order valence-electron chi connectivity index (χ3n) is 4.24. The third-order valence-corrected chi connectivity index (χ3v) is 4.72. The van der Waals surface area contributed by atoms with Crippen LogP contribution in [0.5, 0.6) is 0 Å². The second-order valence-electron chi connectivity index (χ2n) is 6.44. The minimum atomic E-state index is -2.83. The van der Waals surface area contributed by atoms with Gasteiger partial charge < -0.3 is 0 Å². The third kappa shape index (κ3) is 5.03. The number of nitriles is 2. The number of halogens is 2. The van der Waals surface area contributed by atoms with E-state index in [0.29, 0.717) is 11.4 Å². The minimum Gasteiger partial charge on any atom is -0.214 e. The molecular formula is C20H12F2N8O3P+. The predicted molar refractivity (Wildman–Crippen MR) is 113 cm³/mol. The van der Waals surface area contributed by atoms with Gasteiger partial charge in [-0.15, -0.1) is 0 Å². The molecule has 14 heteroatoms. The zero-order valence-electron chi connectivity index (χ0n) is 16.9. The minimum absolute atomic E-state index is 0.0249. The van der Waals surface area contributed by atoms with Crippen molar-refractivity contribution in [3.05, 3.63) is 83.7 Å². The molecule has 0 saturated heterocycles. The molecule has 0 unspecified atom stereocenters. The average Bonchev–Trinajstić information content (AvgIpc) is 3.46. The fourth-order valence-corrected chi connectivity index (χ4v) is 3.14. The van der Waals surface area contributed by atoms with E-state index in [1.807, 2.05) is 12.1 Å². The van der Waals surface area contributed by atoms with Crippen LogP contribution in [0, 0.1) is 34.3 Å². The standard InChI is InChI=1S/C20H12F2N8O3P/c21-13-1-5-17(6-2-13)29-19(9-15(11-23)25-29)27-32-34(31)33-28-20-10-16(12-24)26-30(20)18-7-3-14(22)4-8-18/h1-10,27-28H/q+1. The van der Waals surface area contributed by atoms with Crippen LogP contribution in [0.4, 0.5) is 20.4 Å². The maximum Gasteiger partial charge on any atom is 0.746 e. The second-order valence-corrected chi connectivity index (χ2v) is 7.25. The first-order valence-electron chi connectivity index (χ1n) is 9.32. The van der Waals surface area contributed by atoms with Crippen molar-refractivity contribution in [1.82, 2.24) is 19.6 Å². The number of benzene rings is 2. The van der Waals surface area contributed by atoms with Gasteiger partial charge >= 0.3 is 8.25 Å². The van der Waals surface area contributed by atoms with Gasteiger partial charge in [0.1, 0.15) is 23.8 Å². The summed E-state index contributed by atoms with van der Waals surface area (Å²) >= 11 is 0. The van der Waals surface area contributed by atoms with Crippen molar-refractivity contribution in [2.75, 3.05) is 11.0 Å². The van der Waals surface area contributed by atoms with Crippen molar-refractivity contribution >= 4 is 19.9 Å². The summed E-state index contributed by atoms with van der Waals surface area (Å²) in [6.07, 6.45) is 0. The number of anilines is 2. The fourth-order valence-electron chi connectivity index (χ4n) is 2.76. The Hall–Kier alpha value is -4.68. The van der Waals surface area contributed by atoms with Crippen LogP contribution in [0.15, 0.2) is 60.7 Å². The summed E-state index contributed by atoms with van der Waals surface area (Å²) in [5, 5.41) is 26.3. The molecule has 4 rings (SSSR count). The molecule has 0 amide bonds. The van der Waals surface area contributed by atoms with Crippen LogP contribution in [-0.4, -0.2) is 19.6 Å². The van der Waals surface area contributed by atoms with E-state index in [2.05, 4.69) is 21.2 Å². The highest BCUT2D eigenvalue weighted by atomic mass is 31.1. The Kier molecular flexibility index (Phi) is 6.52. The number of aromatic nitrogens is 4. The number of hydrogen-bond acceptors (Lipinski definition) is 9. The lowest BCUT2D eigenvalue weighted by molar-refractivity contribution is 0.293. The van der Waals surface area contributed by atoms with E-state index in [4.69, 9.17) is 19.8 Å². The Morgan fingerprint density at radius 2 is 1.15 bits per heavy atom. The van der Waals surface area contributed by atoms with E-state index in [9.17, 15) is 13.3 Å². The highest BCUT2D eigenvalue weighted by Gasteiger charge is 2.25. The Bertz CT molecular complexity index is 1310. The summed E-state index contributed by atoms with van der Waals surface area (Å²) in [6.45, 7) is 0. The Balaban J connectivity index is 1.44. The van der Waals surface area contributed by atoms with Gasteiger partial charge in [0, 0.05) is 25.9 Å². The molecule has 0 fully saturated rings. The van der Waals surface area contributed by atoms with Crippen LogP contribution >= 0.6 is 8.25 Å². The maximum atomic E-state index is 13.2. The number of nitrogens with zero attached hydrogens (tertiary/aromatic N) is 6. The van der Waals surface area contributed by atoms with Gasteiger partial charge in [-0.25, -0.2) is 18.1 Å². The van der Waals surface area contributed by atoms with Gasteiger partial charge in [-0.2, -0.15) is 31.7 Å². The predicted octanol–water partition coefficient (Wildman–Crippen LogP) is 4.12. The molecule has 34 heavy (non-hydrogen) atoms. The summed E-state index contributed by atoms with van der Waals surface area (Å²) in [4.78, 5) is 0. The first kappa shape index (κ1) is 22.5. The largest absolute Gasteiger partial charge is 0.746 e. The maximum absolute atomic E-state index is 13.2. The Morgan fingerprint density at radius 1 is 0.765 bits per heavy atom. The van der Waals surface area contributed by atoms with Gasteiger partial charge in [-0.3, -0.25) is 0 Å². The quantitative estimate of drug-likeness (QED) is 0.281. The van der Waals surface area contributed by atoms with Crippen LogP contribution in [0.2, 0.25) is 0 Å². The van der Waals surface area contributed by atoms with E-state index in [-0.39, 0.29) is 23.0 Å². The lowest BCUT2D eigenvalue weighted by Gasteiger charge is -2.06. The Morgan fingerprint density at radius 3 is 1.50 bits per heavy atom. The van der Waals surface area contributed by atoms with Crippen LogP contribution in [0.3, 0.4) is 0 Å². The van der Waals surface area contributed by atoms with Crippen LogP contribution in [0.25, 0.3) is 11.4 Å². The lowest BCUT2D eigenvalue weighted by atomic mass is 10.3. The first-order chi connectivity index (χ1) is 16.5. The van der Waals surface area contributed by atoms with Gasteiger partial charge in [-0.05, 0) is 48.5 Å². The summed E-state index contributed by atoms with van der Waals surface area (Å²) in [5.41, 5.74) is 5.63. The summed E-state index contributed by atoms with van der Waals surface area (Å²) < 4.78 is 51.1. The summed E-state index contributed by atoms with van der Waals surface area (Å²) in [6, 6.07) is 16.9. The van der Waals surface area contributed by atoms with E-state index in [1.165, 1.54) is 70.0 Å². The molecule has 0 saturated carbocycles. The molecule has 0 aliphatic carbocycles. The van der Waals surface area contributed by atoms with Crippen molar-refractivity contribution in [2.45, 2.75) is 0 Å². The average molecular weight is 481 g/mol. The van der Waals surface area contributed by atoms with Crippen LogP contribution < -0.4 is 11.0 Å². The molecule has 2 heterocycles. The van der Waals surface area contributed by atoms with Crippen molar-refractivity contribution in [1.29, 1.82) is 10.5 Å². The highest BCUT2D eigenvalue weighted by Crippen LogP contribution is 2.28. The van der Waals surface area contributed by atoms with Gasteiger partial charge in [0.05, 0.1) is 11.4 Å². The fraction of sp³-hybridized carbons (Fsp3) is 0. The highest BCUT2D eigenvalue weighted by molar-refractivity contribution is 7.33. The molecule has 4 aromatic rings. The number of nitrogens with one attached hydrogen (secondary N) is 2. The van der Waals surface area contributed by atoms with Gasteiger partial charge in [-0.1, -0.05) is 0 Å². The topological polar surface area (TPSA) is 143 Å². The van der Waals surface area contributed by atoms with Gasteiger partial charge in [0.15, 0.2) is 23.0 Å². The second kappa shape index (κ2) is 9.85. The van der Waals surface area contributed by atoms with E-state index in [1.54, 1.807) is 0 Å². The summed E-state index contributed by atoms with van der Waals surface area (Å²) in [7, 11) is -2.83. The molecule has 0 bridgehead atoms. The zero-order chi connectivity index (χ0) is 24.1. The normalized spacial score (nSPS) is 10.4. The number of rotatable bonds is 8. The summed E-state index contributed by atoms with van der Waals surface area (Å²) in [5.74, 6) is -0.662. The monoisotopic (exact) mass is 481 g/mol. The molecule has 0 radical (unpaired) electrons. The smallest absolute Gasteiger partial charge is 0.214 e. The van der Waals surface area contributed by atoms with Gasteiger partial charge in [0.2, 0.25) is 0 Å². The van der Waals surface area contributed by atoms with E-state index in [0.717, 1.165) is 0 Å². The van der Waals surface area contributed by atoms with Crippen LogP contribution in [0.1, 0.15) is 11.4 Å². The molecule has 2 aromatic carbocycles. The molecule has 168 valence electrons. The molecule has 0 aliphatic rings. The Labute approximate surface area is 191 Å². The van der Waals surface area contributed by atoms with E-state index >= 15 is 0 Å². The lowest BCUT2D eigenvalue weighted by Crippen LogP contribution is -2.07. The van der Waals surface area contributed by atoms with Crippen molar-refractivity contribution < 1.29 is 22.6 Å². The van der Waals surface area contributed by atoms with Crippen molar-refractivity contribution in [3.8, 4) is 23.5 Å². The molecule has 2 aromatic heterocycles. The van der Waals surface area contributed by atoms with Crippen molar-refractivity contribution in [3.63, 3.8) is 0 Å². The van der Waals surface area contributed by atoms with Crippen LogP contribution in [-0.2, 0) is 13.8 Å². The molecule has 2 N–H and O–H groups in total. The van der Waals surface area contributed by atoms with E-state index < -0.39 is 19.9 Å². The molecular weight excluding hydrogens is 469 g/mol. The molecule has 11 nitrogen and oxygen atoms in total. The zero-order valence-corrected chi connectivity index (χ0v) is 17.8. The first-order valence-corrected chi connectivity index (χ1v) is 10.4. The SMILES string of the molecule is N#Cc1cc(NO[P+](=O)ONc2cc(C#N)nn2-c2ccc(F)cc2)n(-c2ccc(F)cc2)n1. The van der Waals surface area contributed by atoms with Crippen molar-refractivity contribution in [2.24, 2.45) is 0 Å². The van der Waals surface area contributed by atoms with Gasteiger partial charge in [0.25, 0.3) is 0 Å². The molecule has 0 atom stereocenters.